The van der Waals surface area contributed by atoms with Gasteiger partial charge in [0, 0.05) is 11.4 Å². The van der Waals surface area contributed by atoms with Crippen molar-refractivity contribution in [1.82, 2.24) is 10.2 Å². The number of rotatable bonds is 5. The lowest BCUT2D eigenvalue weighted by atomic mass is 10.2. The molecule has 7 nitrogen and oxygen atoms in total. The van der Waals surface area contributed by atoms with Gasteiger partial charge in [0.25, 0.3) is 15.9 Å². The van der Waals surface area contributed by atoms with Crippen molar-refractivity contribution in [3.05, 3.63) is 71.4 Å². The minimum Gasteiger partial charge on any atom is -0.322 e. The summed E-state index contributed by atoms with van der Waals surface area (Å²) in [6, 6.07) is 8.73. The minimum absolute atomic E-state index is 0.109. The van der Waals surface area contributed by atoms with Crippen molar-refractivity contribution in [3.8, 4) is 0 Å². The fourth-order valence-corrected chi connectivity index (χ4v) is 3.39. The molecule has 0 unspecified atom stereocenters. The van der Waals surface area contributed by atoms with Gasteiger partial charge in [0.2, 0.25) is 0 Å². The number of aromatic nitrogens is 2. The van der Waals surface area contributed by atoms with Crippen molar-refractivity contribution >= 4 is 27.3 Å². The molecule has 3 aromatic rings. The summed E-state index contributed by atoms with van der Waals surface area (Å²) in [5.41, 5.74) is 0.422. The topological polar surface area (TPSA) is 104 Å². The number of nitrogens with zero attached hydrogens (tertiary/aromatic N) is 1. The molecule has 140 valence electrons. The van der Waals surface area contributed by atoms with E-state index in [0.29, 0.717) is 5.56 Å². The molecule has 3 N–H and O–H groups in total. The quantitative estimate of drug-likeness (QED) is 0.621. The van der Waals surface area contributed by atoms with Crippen LogP contribution in [0.2, 0.25) is 0 Å². The van der Waals surface area contributed by atoms with Crippen molar-refractivity contribution in [2.45, 2.75) is 11.9 Å². The van der Waals surface area contributed by atoms with Crippen molar-refractivity contribution in [3.63, 3.8) is 0 Å². The Bertz CT molecular complexity index is 1100. The van der Waals surface area contributed by atoms with E-state index in [1.165, 1.54) is 24.3 Å². The van der Waals surface area contributed by atoms with Gasteiger partial charge >= 0.3 is 0 Å². The highest BCUT2D eigenvalue weighted by atomic mass is 32.2. The van der Waals surface area contributed by atoms with Crippen LogP contribution in [-0.2, 0) is 10.0 Å². The molecule has 0 bridgehead atoms. The molecule has 1 amide bonds. The maximum absolute atomic E-state index is 13.6. The predicted octanol–water partition coefficient (Wildman–Crippen LogP) is 3.05. The van der Waals surface area contributed by atoms with Crippen molar-refractivity contribution in [2.75, 3.05) is 10.0 Å². The fraction of sp³-hybridized carbons (Fsp3) is 0.0588. The number of halogens is 2. The van der Waals surface area contributed by atoms with Gasteiger partial charge in [-0.2, -0.15) is 13.5 Å². The van der Waals surface area contributed by atoms with E-state index in [1.54, 1.807) is 6.92 Å². The number of aromatic amines is 1. The Morgan fingerprint density at radius 3 is 2.41 bits per heavy atom. The molecule has 0 radical (unpaired) electrons. The Labute approximate surface area is 153 Å². The smallest absolute Gasteiger partial charge is 0.279 e. The molecule has 0 aliphatic heterocycles. The average molecular weight is 392 g/mol. The predicted molar refractivity (Wildman–Crippen MR) is 94.9 cm³/mol. The van der Waals surface area contributed by atoms with Gasteiger partial charge in [0.15, 0.2) is 5.03 Å². The number of anilines is 2. The normalized spacial score (nSPS) is 11.2. The molecule has 1 aromatic heterocycles. The van der Waals surface area contributed by atoms with Crippen LogP contribution in [-0.4, -0.2) is 24.5 Å². The summed E-state index contributed by atoms with van der Waals surface area (Å²) in [6.07, 6.45) is 1.04. The van der Waals surface area contributed by atoms with Gasteiger partial charge in [0.05, 0.1) is 11.8 Å². The Morgan fingerprint density at radius 1 is 1.07 bits per heavy atom. The number of amides is 1. The lowest BCUT2D eigenvalue weighted by Crippen LogP contribution is -2.19. The third-order valence-corrected chi connectivity index (χ3v) is 5.00. The zero-order valence-corrected chi connectivity index (χ0v) is 14.8. The van der Waals surface area contributed by atoms with Crippen LogP contribution >= 0.6 is 0 Å². The van der Waals surface area contributed by atoms with E-state index >= 15 is 0 Å². The Hall–Kier alpha value is -3.27. The van der Waals surface area contributed by atoms with Crippen molar-refractivity contribution in [2.24, 2.45) is 0 Å². The van der Waals surface area contributed by atoms with Crippen LogP contribution in [0, 0.1) is 18.6 Å². The van der Waals surface area contributed by atoms with Gasteiger partial charge in [-0.3, -0.25) is 14.6 Å². The summed E-state index contributed by atoms with van der Waals surface area (Å²) in [6.45, 7) is 1.57. The highest BCUT2D eigenvalue weighted by molar-refractivity contribution is 7.92. The van der Waals surface area contributed by atoms with Crippen molar-refractivity contribution < 1.29 is 22.0 Å². The molecular formula is C17H14F2N4O3S. The van der Waals surface area contributed by atoms with Gasteiger partial charge in [0.1, 0.15) is 11.6 Å². The summed E-state index contributed by atoms with van der Waals surface area (Å²) >= 11 is 0. The number of carbonyl (C=O) groups is 1. The van der Waals surface area contributed by atoms with E-state index in [9.17, 15) is 22.0 Å². The highest BCUT2D eigenvalue weighted by Crippen LogP contribution is 2.20. The number of aryl methyl sites for hydroxylation is 1. The number of nitrogens with one attached hydrogen (secondary N) is 3. The first-order valence-electron chi connectivity index (χ1n) is 7.65. The first kappa shape index (κ1) is 18.5. The molecule has 1 heterocycles. The first-order valence-corrected chi connectivity index (χ1v) is 9.14. The largest absolute Gasteiger partial charge is 0.322 e. The maximum Gasteiger partial charge on any atom is 0.279 e. The highest BCUT2D eigenvalue weighted by Gasteiger charge is 2.25. The molecule has 0 aliphatic rings. The lowest BCUT2D eigenvalue weighted by molar-refractivity contribution is 0.102. The molecule has 10 heteroatoms. The van der Waals surface area contributed by atoms with Crippen LogP contribution in [0.4, 0.5) is 20.2 Å². The van der Waals surface area contributed by atoms with E-state index in [-0.39, 0.29) is 16.9 Å². The number of sulfonamides is 1. The summed E-state index contributed by atoms with van der Waals surface area (Å²) < 4.78 is 53.8. The number of H-pyrrole nitrogens is 1. The van der Waals surface area contributed by atoms with E-state index in [2.05, 4.69) is 20.2 Å². The number of carbonyl (C=O) groups excluding carboxylic acids is 1. The molecule has 0 saturated heterocycles. The molecule has 0 aliphatic carbocycles. The molecule has 0 fully saturated rings. The van der Waals surface area contributed by atoms with Gasteiger partial charge in [-0.1, -0.05) is 6.07 Å². The second-order valence-electron chi connectivity index (χ2n) is 5.64. The van der Waals surface area contributed by atoms with Crippen LogP contribution in [0.25, 0.3) is 0 Å². The SMILES string of the molecule is Cc1ccc(NC(=O)c2cn[nH]c2S(=O)(=O)Nc2ccc(F)cc2)cc1F. The summed E-state index contributed by atoms with van der Waals surface area (Å²) in [4.78, 5) is 12.4. The zero-order valence-electron chi connectivity index (χ0n) is 14.0. The van der Waals surface area contributed by atoms with E-state index in [4.69, 9.17) is 0 Å². The second-order valence-corrected chi connectivity index (χ2v) is 7.26. The molecule has 0 saturated carbocycles. The van der Waals surface area contributed by atoms with Gasteiger partial charge < -0.3 is 5.32 Å². The molecule has 3 rings (SSSR count). The third-order valence-electron chi connectivity index (χ3n) is 3.64. The molecular weight excluding hydrogens is 378 g/mol. The molecule has 0 spiro atoms. The Kier molecular flexibility index (Phi) is 4.91. The minimum atomic E-state index is -4.19. The fourth-order valence-electron chi connectivity index (χ4n) is 2.23. The standard InChI is InChI=1S/C17H14F2N4O3S/c1-10-2-5-13(8-15(10)19)21-16(24)14-9-20-22-17(14)27(25,26)23-12-6-3-11(18)4-7-12/h2-9,23H,1H3,(H,20,22)(H,21,24). The van der Waals surface area contributed by atoms with E-state index in [1.807, 2.05) is 0 Å². The van der Waals surface area contributed by atoms with Crippen LogP contribution in [0.1, 0.15) is 15.9 Å². The van der Waals surface area contributed by atoms with Gasteiger partial charge in [-0.15, -0.1) is 0 Å². The van der Waals surface area contributed by atoms with Gasteiger partial charge in [-0.25, -0.2) is 8.78 Å². The van der Waals surface area contributed by atoms with E-state index < -0.39 is 32.6 Å². The molecule has 2 aromatic carbocycles. The monoisotopic (exact) mass is 392 g/mol. The average Bonchev–Trinajstić information content (AvgIpc) is 3.11. The van der Waals surface area contributed by atoms with Crippen LogP contribution in [0.5, 0.6) is 0 Å². The lowest BCUT2D eigenvalue weighted by Gasteiger charge is -2.09. The Balaban J connectivity index is 1.84. The van der Waals surface area contributed by atoms with E-state index in [0.717, 1.165) is 24.4 Å². The van der Waals surface area contributed by atoms with Crippen LogP contribution in [0.15, 0.2) is 53.7 Å². The van der Waals surface area contributed by atoms with Crippen molar-refractivity contribution in [1.29, 1.82) is 0 Å². The Morgan fingerprint density at radius 2 is 1.74 bits per heavy atom. The van der Waals surface area contributed by atoms with Gasteiger partial charge in [-0.05, 0) is 48.9 Å². The van der Waals surface area contributed by atoms with Crippen LogP contribution < -0.4 is 10.0 Å². The molecule has 0 atom stereocenters. The number of benzene rings is 2. The zero-order chi connectivity index (χ0) is 19.6. The summed E-state index contributed by atoms with van der Waals surface area (Å²) in [5.74, 6) is -1.82. The summed E-state index contributed by atoms with van der Waals surface area (Å²) in [5, 5.41) is 7.80. The number of hydrogen-bond donors (Lipinski definition) is 3. The molecule has 27 heavy (non-hydrogen) atoms. The maximum atomic E-state index is 13.6. The second kappa shape index (κ2) is 7.16. The number of hydrogen-bond acceptors (Lipinski definition) is 4. The first-order chi connectivity index (χ1) is 12.8. The summed E-state index contributed by atoms with van der Waals surface area (Å²) in [7, 11) is -4.19. The third kappa shape index (κ3) is 4.11. The van der Waals surface area contributed by atoms with Crippen LogP contribution in [0.3, 0.4) is 0 Å².